The number of aryl methyl sites for hydroxylation is 1. The highest BCUT2D eigenvalue weighted by molar-refractivity contribution is 7.99. The number of anilines is 1. The quantitative estimate of drug-likeness (QED) is 0.801. The molecule has 0 spiro atoms. The molecule has 2 aromatic rings. The molecule has 0 radical (unpaired) electrons. The van der Waals surface area contributed by atoms with Crippen LogP contribution in [0.1, 0.15) is 12.2 Å². The molecule has 1 aromatic carbocycles. The lowest BCUT2D eigenvalue weighted by Crippen LogP contribution is -2.39. The first-order chi connectivity index (χ1) is 10.7. The van der Waals surface area contributed by atoms with Crippen molar-refractivity contribution in [1.29, 1.82) is 0 Å². The number of rotatable bonds is 4. The summed E-state index contributed by atoms with van der Waals surface area (Å²) < 4.78 is 0. The average molecular weight is 317 g/mol. The van der Waals surface area contributed by atoms with Crippen molar-refractivity contribution in [2.75, 3.05) is 23.4 Å². The summed E-state index contributed by atoms with van der Waals surface area (Å²) in [5.41, 5.74) is 1.72. The molecular weight excluding hydrogens is 298 g/mol. The molecule has 1 fully saturated rings. The molecule has 3 rings (SSSR count). The fraction of sp³-hybridized carbons (Fsp3) is 0.400. The number of benzene rings is 1. The van der Waals surface area contributed by atoms with Crippen molar-refractivity contribution in [3.05, 3.63) is 30.1 Å². The smallest absolute Gasteiger partial charge is 0.225 e. The predicted molar refractivity (Wildman–Crippen MR) is 88.9 cm³/mol. The number of aromatic amines is 1. The highest BCUT2D eigenvalue weighted by atomic mass is 32.2. The number of amides is 1. The number of carbonyl (C=O) groups excluding carboxylic acids is 1. The second-order valence-electron chi connectivity index (χ2n) is 5.30. The van der Waals surface area contributed by atoms with Crippen molar-refractivity contribution in [3.8, 4) is 11.4 Å². The lowest BCUT2D eigenvalue weighted by atomic mass is 10.2. The Bertz CT molecular complexity index is 634. The van der Waals surface area contributed by atoms with Crippen LogP contribution in [0.3, 0.4) is 0 Å². The molecule has 2 heterocycles. The fourth-order valence-corrected chi connectivity index (χ4v) is 3.31. The number of carbonyl (C=O) groups is 1. The summed E-state index contributed by atoms with van der Waals surface area (Å²) >= 11 is 1.89. The van der Waals surface area contributed by atoms with Gasteiger partial charge in [0.2, 0.25) is 5.91 Å². The first kappa shape index (κ1) is 15.1. The van der Waals surface area contributed by atoms with Crippen LogP contribution in [0.2, 0.25) is 0 Å². The SMILES string of the molecule is Cc1nc(-c2ccc(NC(=O)CC3CSCCN3)cc2)n[nH]1. The van der Waals surface area contributed by atoms with Crippen LogP contribution < -0.4 is 10.6 Å². The van der Waals surface area contributed by atoms with Crippen molar-refractivity contribution in [1.82, 2.24) is 20.5 Å². The monoisotopic (exact) mass is 317 g/mol. The number of thioether (sulfide) groups is 1. The maximum atomic E-state index is 12.0. The zero-order chi connectivity index (χ0) is 15.4. The van der Waals surface area contributed by atoms with Crippen LogP contribution in [0, 0.1) is 6.92 Å². The van der Waals surface area contributed by atoms with Gasteiger partial charge in [-0.2, -0.15) is 16.9 Å². The van der Waals surface area contributed by atoms with Crippen LogP contribution in [-0.4, -0.2) is 45.2 Å². The average Bonchev–Trinajstić information content (AvgIpc) is 2.95. The van der Waals surface area contributed by atoms with Gasteiger partial charge in [0.05, 0.1) is 0 Å². The molecule has 0 saturated carbocycles. The second kappa shape index (κ2) is 6.93. The number of aromatic nitrogens is 3. The third-order valence-corrected chi connectivity index (χ3v) is 4.59. The summed E-state index contributed by atoms with van der Waals surface area (Å²) in [6, 6.07) is 7.85. The largest absolute Gasteiger partial charge is 0.326 e. The zero-order valence-corrected chi connectivity index (χ0v) is 13.2. The van der Waals surface area contributed by atoms with E-state index in [1.165, 1.54) is 0 Å². The molecule has 1 aliphatic heterocycles. The normalized spacial score (nSPS) is 18.1. The van der Waals surface area contributed by atoms with Gasteiger partial charge in [-0.1, -0.05) is 0 Å². The molecule has 1 saturated heterocycles. The minimum absolute atomic E-state index is 0.0430. The first-order valence-corrected chi connectivity index (χ1v) is 8.46. The molecule has 116 valence electrons. The fourth-order valence-electron chi connectivity index (χ4n) is 2.36. The Balaban J connectivity index is 1.57. The van der Waals surface area contributed by atoms with Crippen LogP contribution in [0.25, 0.3) is 11.4 Å². The standard InChI is InChI=1S/C15H19N5OS/c1-10-17-15(20-19-10)11-2-4-12(5-3-11)18-14(21)8-13-9-22-7-6-16-13/h2-5,13,16H,6-9H2,1H3,(H,18,21)(H,17,19,20). The van der Waals surface area contributed by atoms with Gasteiger partial charge in [0.25, 0.3) is 0 Å². The summed E-state index contributed by atoms with van der Waals surface area (Å²) in [6.07, 6.45) is 0.509. The van der Waals surface area contributed by atoms with Crippen molar-refractivity contribution >= 4 is 23.4 Å². The Kier molecular flexibility index (Phi) is 4.74. The molecule has 3 N–H and O–H groups in total. The number of H-pyrrole nitrogens is 1. The maximum Gasteiger partial charge on any atom is 0.225 e. The molecule has 1 unspecified atom stereocenters. The Morgan fingerprint density at radius 2 is 2.23 bits per heavy atom. The topological polar surface area (TPSA) is 82.7 Å². The van der Waals surface area contributed by atoms with Crippen molar-refractivity contribution in [3.63, 3.8) is 0 Å². The van der Waals surface area contributed by atoms with Crippen LogP contribution in [0.5, 0.6) is 0 Å². The highest BCUT2D eigenvalue weighted by Crippen LogP contribution is 2.18. The Labute approximate surface area is 133 Å². The number of hydrogen-bond donors (Lipinski definition) is 3. The third-order valence-electron chi connectivity index (χ3n) is 3.45. The Morgan fingerprint density at radius 3 is 2.86 bits per heavy atom. The third kappa shape index (κ3) is 3.86. The summed E-state index contributed by atoms with van der Waals surface area (Å²) in [4.78, 5) is 16.3. The highest BCUT2D eigenvalue weighted by Gasteiger charge is 2.16. The van der Waals surface area contributed by atoms with E-state index in [1.807, 2.05) is 43.0 Å². The van der Waals surface area contributed by atoms with Gasteiger partial charge in [0.15, 0.2) is 5.82 Å². The molecule has 1 aromatic heterocycles. The van der Waals surface area contributed by atoms with E-state index in [4.69, 9.17) is 0 Å². The van der Waals surface area contributed by atoms with Crippen molar-refractivity contribution < 1.29 is 4.79 Å². The van der Waals surface area contributed by atoms with Crippen LogP contribution in [-0.2, 0) is 4.79 Å². The number of nitrogens with zero attached hydrogens (tertiary/aromatic N) is 2. The van der Waals surface area contributed by atoms with E-state index in [9.17, 15) is 4.79 Å². The molecule has 7 heteroatoms. The zero-order valence-electron chi connectivity index (χ0n) is 12.4. The van der Waals surface area contributed by atoms with E-state index in [0.717, 1.165) is 35.1 Å². The molecular formula is C15H19N5OS. The summed E-state index contributed by atoms with van der Waals surface area (Å²) in [7, 11) is 0. The number of hydrogen-bond acceptors (Lipinski definition) is 5. The Hall–Kier alpha value is -1.86. The maximum absolute atomic E-state index is 12.0. The molecule has 1 aliphatic rings. The lowest BCUT2D eigenvalue weighted by molar-refractivity contribution is -0.116. The first-order valence-electron chi connectivity index (χ1n) is 7.31. The summed E-state index contributed by atoms with van der Waals surface area (Å²) in [6.45, 7) is 2.84. The van der Waals surface area contributed by atoms with Crippen molar-refractivity contribution in [2.45, 2.75) is 19.4 Å². The molecule has 22 heavy (non-hydrogen) atoms. The Morgan fingerprint density at radius 1 is 1.41 bits per heavy atom. The molecule has 6 nitrogen and oxygen atoms in total. The minimum atomic E-state index is 0.0430. The molecule has 1 atom stereocenters. The summed E-state index contributed by atoms with van der Waals surface area (Å²) in [5, 5.41) is 13.2. The van der Waals surface area contributed by atoms with Gasteiger partial charge in [-0.25, -0.2) is 4.98 Å². The van der Waals surface area contributed by atoms with E-state index in [2.05, 4.69) is 25.8 Å². The van der Waals surface area contributed by atoms with Gasteiger partial charge in [-0.05, 0) is 31.2 Å². The van der Waals surface area contributed by atoms with Crippen molar-refractivity contribution in [2.24, 2.45) is 0 Å². The van der Waals surface area contributed by atoms with Gasteiger partial charge >= 0.3 is 0 Å². The predicted octanol–water partition coefficient (Wildman–Crippen LogP) is 1.81. The van der Waals surface area contributed by atoms with Gasteiger partial charge < -0.3 is 10.6 Å². The van der Waals surface area contributed by atoms with Gasteiger partial charge in [0, 0.05) is 41.8 Å². The van der Waals surface area contributed by atoms with Crippen LogP contribution in [0.4, 0.5) is 5.69 Å². The van der Waals surface area contributed by atoms with Gasteiger partial charge in [-0.3, -0.25) is 9.89 Å². The van der Waals surface area contributed by atoms with E-state index in [1.54, 1.807) is 0 Å². The lowest BCUT2D eigenvalue weighted by Gasteiger charge is -2.22. The van der Waals surface area contributed by atoms with Crippen LogP contribution in [0.15, 0.2) is 24.3 Å². The summed E-state index contributed by atoms with van der Waals surface area (Å²) in [5.74, 6) is 3.61. The van der Waals surface area contributed by atoms with Crippen LogP contribution >= 0.6 is 11.8 Å². The minimum Gasteiger partial charge on any atom is -0.326 e. The van der Waals surface area contributed by atoms with E-state index in [0.29, 0.717) is 12.2 Å². The second-order valence-corrected chi connectivity index (χ2v) is 6.45. The molecule has 0 bridgehead atoms. The van der Waals surface area contributed by atoms with E-state index in [-0.39, 0.29) is 11.9 Å². The molecule has 0 aliphatic carbocycles. The van der Waals surface area contributed by atoms with Gasteiger partial charge in [-0.15, -0.1) is 0 Å². The molecule has 1 amide bonds. The van der Waals surface area contributed by atoms with Gasteiger partial charge in [0.1, 0.15) is 5.82 Å². The van der Waals surface area contributed by atoms with E-state index < -0.39 is 0 Å². The number of nitrogens with one attached hydrogen (secondary N) is 3. The van der Waals surface area contributed by atoms with E-state index >= 15 is 0 Å².